The quantitative estimate of drug-likeness (QED) is 0.321. The Balaban J connectivity index is 1.90. The molecule has 0 aliphatic heterocycles. The maximum absolute atomic E-state index is 11.5. The van der Waals surface area contributed by atoms with Crippen molar-refractivity contribution in [3.8, 4) is 5.75 Å². The van der Waals surface area contributed by atoms with Crippen LogP contribution in [-0.2, 0) is 16.2 Å². The van der Waals surface area contributed by atoms with Crippen LogP contribution in [0.3, 0.4) is 0 Å². The zero-order chi connectivity index (χ0) is 19.6. The summed E-state index contributed by atoms with van der Waals surface area (Å²) in [6, 6.07) is 12.4. The largest absolute Gasteiger partial charge is 0.489 e. The van der Waals surface area contributed by atoms with Crippen LogP contribution in [0.1, 0.15) is 11.1 Å². The van der Waals surface area contributed by atoms with E-state index in [9.17, 15) is 9.59 Å². The Hall–Kier alpha value is -2.83. The van der Waals surface area contributed by atoms with Crippen molar-refractivity contribution in [3.63, 3.8) is 0 Å². The number of halogens is 2. The molecular weight excluding hydrogens is 389 g/mol. The maximum Gasteiger partial charge on any atom is 0.329 e. The highest BCUT2D eigenvalue weighted by molar-refractivity contribution is 6.42. The number of amides is 2. The van der Waals surface area contributed by atoms with E-state index in [2.05, 4.69) is 22.4 Å². The Morgan fingerprint density at radius 1 is 1.11 bits per heavy atom. The van der Waals surface area contributed by atoms with Crippen molar-refractivity contribution < 1.29 is 14.3 Å². The van der Waals surface area contributed by atoms with Gasteiger partial charge in [0.15, 0.2) is 0 Å². The molecule has 2 aromatic rings. The third-order valence-electron chi connectivity index (χ3n) is 3.24. The van der Waals surface area contributed by atoms with Crippen molar-refractivity contribution in [1.82, 2.24) is 10.7 Å². The molecule has 27 heavy (non-hydrogen) atoms. The highest BCUT2D eigenvalue weighted by Crippen LogP contribution is 2.23. The molecule has 0 aliphatic carbocycles. The lowest BCUT2D eigenvalue weighted by Gasteiger charge is -2.08. The van der Waals surface area contributed by atoms with Gasteiger partial charge in [-0.15, -0.1) is 6.58 Å². The monoisotopic (exact) mass is 405 g/mol. The van der Waals surface area contributed by atoms with Crippen molar-refractivity contribution in [2.24, 2.45) is 5.10 Å². The predicted molar refractivity (Wildman–Crippen MR) is 106 cm³/mol. The first kappa shape index (κ1) is 20.5. The normalized spacial score (nSPS) is 10.4. The van der Waals surface area contributed by atoms with Gasteiger partial charge in [0, 0.05) is 6.54 Å². The van der Waals surface area contributed by atoms with E-state index in [0.717, 1.165) is 5.56 Å². The molecule has 2 N–H and O–H groups in total. The van der Waals surface area contributed by atoms with Crippen LogP contribution in [0.25, 0.3) is 0 Å². The van der Waals surface area contributed by atoms with E-state index in [1.54, 1.807) is 36.4 Å². The van der Waals surface area contributed by atoms with Gasteiger partial charge in [0.05, 0.1) is 16.3 Å². The van der Waals surface area contributed by atoms with Crippen LogP contribution >= 0.6 is 23.2 Å². The number of carbonyl (C=O) groups is 2. The third-order valence-corrected chi connectivity index (χ3v) is 3.98. The van der Waals surface area contributed by atoms with E-state index in [4.69, 9.17) is 27.9 Å². The number of nitrogens with one attached hydrogen (secondary N) is 2. The van der Waals surface area contributed by atoms with E-state index < -0.39 is 11.8 Å². The van der Waals surface area contributed by atoms with Crippen LogP contribution < -0.4 is 15.5 Å². The molecule has 0 spiro atoms. The molecule has 6 nitrogen and oxygen atoms in total. The minimum absolute atomic E-state index is 0.203. The highest BCUT2D eigenvalue weighted by atomic mass is 35.5. The lowest BCUT2D eigenvalue weighted by Crippen LogP contribution is -2.37. The third kappa shape index (κ3) is 6.77. The molecule has 0 saturated heterocycles. The van der Waals surface area contributed by atoms with E-state index in [1.807, 2.05) is 6.07 Å². The van der Waals surface area contributed by atoms with Gasteiger partial charge in [-0.1, -0.05) is 47.5 Å². The molecule has 8 heteroatoms. The molecule has 0 saturated carbocycles. The standard InChI is InChI=1S/C19H17Cl2N3O3/c1-2-8-22-18(25)19(26)24-23-11-13-4-3-5-15(9-13)27-12-14-6-7-16(20)17(21)10-14/h2-7,9-11H,1,8,12H2,(H,22,25)(H,24,26)/b23-11-. The van der Waals surface area contributed by atoms with Crippen molar-refractivity contribution >= 4 is 41.2 Å². The number of benzene rings is 2. The fourth-order valence-electron chi connectivity index (χ4n) is 1.94. The van der Waals surface area contributed by atoms with Crippen molar-refractivity contribution in [2.75, 3.05) is 6.54 Å². The molecule has 0 aliphatic rings. The number of hydrogen-bond donors (Lipinski definition) is 2. The molecule has 0 aromatic heterocycles. The molecule has 0 bridgehead atoms. The van der Waals surface area contributed by atoms with Crippen LogP contribution in [0.4, 0.5) is 0 Å². The minimum atomic E-state index is -0.861. The molecule has 0 heterocycles. The van der Waals surface area contributed by atoms with Crippen molar-refractivity contribution in [2.45, 2.75) is 6.61 Å². The van der Waals surface area contributed by atoms with Gasteiger partial charge >= 0.3 is 11.8 Å². The predicted octanol–water partition coefficient (Wildman–Crippen LogP) is 3.32. The van der Waals surface area contributed by atoms with E-state index in [-0.39, 0.29) is 6.54 Å². The summed E-state index contributed by atoms with van der Waals surface area (Å²) < 4.78 is 5.71. The topological polar surface area (TPSA) is 79.8 Å². The Morgan fingerprint density at radius 2 is 1.93 bits per heavy atom. The lowest BCUT2D eigenvalue weighted by atomic mass is 10.2. The second-order valence-electron chi connectivity index (χ2n) is 5.31. The van der Waals surface area contributed by atoms with E-state index in [1.165, 1.54) is 12.3 Å². The Labute approximate surface area is 166 Å². The number of rotatable bonds is 7. The summed E-state index contributed by atoms with van der Waals surface area (Å²) in [5, 5.41) is 7.05. The maximum atomic E-state index is 11.5. The summed E-state index contributed by atoms with van der Waals surface area (Å²) in [5.74, 6) is -1.04. The van der Waals surface area contributed by atoms with Gasteiger partial charge in [-0.2, -0.15) is 5.10 Å². The number of carbonyl (C=O) groups excluding carboxylic acids is 2. The fourth-order valence-corrected chi connectivity index (χ4v) is 2.26. The Bertz CT molecular complexity index is 869. The second kappa shape index (κ2) is 10.4. The zero-order valence-corrected chi connectivity index (χ0v) is 15.8. The summed E-state index contributed by atoms with van der Waals surface area (Å²) in [4.78, 5) is 22.9. The van der Waals surface area contributed by atoms with Gasteiger partial charge in [-0.3, -0.25) is 9.59 Å². The molecule has 140 valence electrons. The molecule has 2 amide bonds. The second-order valence-corrected chi connectivity index (χ2v) is 6.12. The van der Waals surface area contributed by atoms with E-state index >= 15 is 0 Å². The summed E-state index contributed by atoms with van der Waals surface area (Å²) in [7, 11) is 0. The van der Waals surface area contributed by atoms with Crippen molar-refractivity contribution in [1.29, 1.82) is 0 Å². The van der Waals surface area contributed by atoms with Crippen LogP contribution in [0, 0.1) is 0 Å². The molecule has 0 atom stereocenters. The SMILES string of the molecule is C=CCNC(=O)C(=O)N/N=C\c1cccc(OCc2ccc(Cl)c(Cl)c2)c1. The van der Waals surface area contributed by atoms with Crippen molar-refractivity contribution in [3.05, 3.63) is 76.3 Å². The minimum Gasteiger partial charge on any atom is -0.489 e. The van der Waals surface area contributed by atoms with Gasteiger partial charge in [0.1, 0.15) is 12.4 Å². The first-order chi connectivity index (χ1) is 13.0. The van der Waals surface area contributed by atoms with Gasteiger partial charge < -0.3 is 10.1 Å². The van der Waals surface area contributed by atoms with Crippen LogP contribution in [-0.4, -0.2) is 24.6 Å². The van der Waals surface area contributed by atoms with Gasteiger partial charge in [-0.05, 0) is 35.4 Å². The number of nitrogens with zero attached hydrogens (tertiary/aromatic N) is 1. The first-order valence-electron chi connectivity index (χ1n) is 7.88. The highest BCUT2D eigenvalue weighted by Gasteiger charge is 2.10. The number of ether oxygens (including phenoxy) is 1. The molecule has 2 rings (SSSR count). The Morgan fingerprint density at radius 3 is 2.67 bits per heavy atom. The smallest absolute Gasteiger partial charge is 0.329 e. The molecule has 0 fully saturated rings. The van der Waals surface area contributed by atoms with Gasteiger partial charge in [0.2, 0.25) is 0 Å². The average molecular weight is 406 g/mol. The fraction of sp³-hybridized carbons (Fsp3) is 0.105. The van der Waals surface area contributed by atoms with Gasteiger partial charge in [0.25, 0.3) is 0 Å². The molecule has 2 aromatic carbocycles. The average Bonchev–Trinajstić information content (AvgIpc) is 2.67. The first-order valence-corrected chi connectivity index (χ1v) is 8.64. The van der Waals surface area contributed by atoms with Crippen LogP contribution in [0.15, 0.2) is 60.2 Å². The summed E-state index contributed by atoms with van der Waals surface area (Å²) in [6.07, 6.45) is 2.88. The molecule has 0 unspecified atom stereocenters. The van der Waals surface area contributed by atoms with E-state index in [0.29, 0.717) is 28.0 Å². The summed E-state index contributed by atoms with van der Waals surface area (Å²) >= 11 is 11.9. The van der Waals surface area contributed by atoms with Crippen LogP contribution in [0.5, 0.6) is 5.75 Å². The zero-order valence-electron chi connectivity index (χ0n) is 14.2. The number of hydrogen-bond acceptors (Lipinski definition) is 4. The van der Waals surface area contributed by atoms with Crippen LogP contribution in [0.2, 0.25) is 10.0 Å². The lowest BCUT2D eigenvalue weighted by molar-refractivity contribution is -0.139. The number of hydrazone groups is 1. The molecule has 0 radical (unpaired) electrons. The summed E-state index contributed by atoms with van der Waals surface area (Å²) in [5.41, 5.74) is 3.71. The van der Waals surface area contributed by atoms with Gasteiger partial charge in [-0.25, -0.2) is 5.43 Å². The summed E-state index contributed by atoms with van der Waals surface area (Å²) in [6.45, 7) is 3.96. The Kier molecular flexibility index (Phi) is 7.85. The molecular formula is C19H17Cl2N3O3.